The van der Waals surface area contributed by atoms with Gasteiger partial charge < -0.3 is 9.16 Å². The van der Waals surface area contributed by atoms with Gasteiger partial charge in [0, 0.05) is 18.9 Å². The van der Waals surface area contributed by atoms with E-state index in [0.717, 1.165) is 6.04 Å². The molecule has 0 aromatic rings. The smallest absolute Gasteiger partial charge is 0.332 e. The molecule has 1 rings (SSSR count). The summed E-state index contributed by atoms with van der Waals surface area (Å²) in [7, 11) is -3.08. The van der Waals surface area contributed by atoms with Gasteiger partial charge in [0.25, 0.3) is 0 Å². The van der Waals surface area contributed by atoms with Crippen molar-refractivity contribution in [3.8, 4) is 0 Å². The molecule has 0 radical (unpaired) electrons. The summed E-state index contributed by atoms with van der Waals surface area (Å²) in [5.74, 6) is -0.928. The number of rotatable bonds is 2. The summed E-state index contributed by atoms with van der Waals surface area (Å²) in [6.07, 6.45) is 1.20. The lowest BCUT2D eigenvalue weighted by molar-refractivity contribution is -0.206. The molecule has 0 N–H and O–H groups in total. The first-order chi connectivity index (χ1) is 7.54. The average Bonchev–Trinajstić information content (AvgIpc) is 2.13. The number of carbonyl (C=O) groups excluding carboxylic acids is 1. The summed E-state index contributed by atoms with van der Waals surface area (Å²) in [5.41, 5.74) is 0. The van der Waals surface area contributed by atoms with Crippen LogP contribution in [0.25, 0.3) is 0 Å². The van der Waals surface area contributed by atoms with Crippen LogP contribution in [0.2, 0.25) is 32.2 Å². The molecular weight excluding hydrogens is 248 g/mol. The summed E-state index contributed by atoms with van der Waals surface area (Å²) in [5, 5.41) is 0. The van der Waals surface area contributed by atoms with Crippen molar-refractivity contribution in [2.75, 3.05) is 0 Å². The molecule has 5 heteroatoms. The highest BCUT2D eigenvalue weighted by Gasteiger charge is 2.56. The van der Waals surface area contributed by atoms with Crippen molar-refractivity contribution in [1.29, 1.82) is 0 Å². The van der Waals surface area contributed by atoms with Crippen molar-refractivity contribution in [2.24, 2.45) is 5.92 Å². The van der Waals surface area contributed by atoms with E-state index in [4.69, 9.17) is 9.16 Å². The topological polar surface area (TPSA) is 35.5 Å². The Balaban J connectivity index is 2.96. The van der Waals surface area contributed by atoms with Gasteiger partial charge >= 0.3 is 5.97 Å². The van der Waals surface area contributed by atoms with Gasteiger partial charge in [0.15, 0.2) is 7.83 Å². The fourth-order valence-electron chi connectivity index (χ4n) is 2.30. The molecule has 1 heterocycles. The molecule has 0 aliphatic carbocycles. The monoisotopic (exact) mass is 272 g/mol. The predicted octanol–water partition coefficient (Wildman–Crippen LogP) is 3.09. The van der Waals surface area contributed by atoms with Crippen LogP contribution in [0.4, 0.5) is 0 Å². The first-order valence-corrected chi connectivity index (χ1v) is 13.2. The van der Waals surface area contributed by atoms with Crippen molar-refractivity contribution < 1.29 is 14.0 Å². The van der Waals surface area contributed by atoms with Crippen LogP contribution < -0.4 is 0 Å². The molecular formula is C12H24O3Si2. The van der Waals surface area contributed by atoms with Crippen LogP contribution in [0.3, 0.4) is 0 Å². The number of hydrogen-bond donors (Lipinski definition) is 0. The third-order valence-corrected chi connectivity index (χ3v) is 20.8. The van der Waals surface area contributed by atoms with Gasteiger partial charge in [-0.15, -0.1) is 0 Å². The van der Waals surface area contributed by atoms with Crippen molar-refractivity contribution in [2.45, 2.75) is 51.9 Å². The highest BCUT2D eigenvalue weighted by Crippen LogP contribution is 2.43. The van der Waals surface area contributed by atoms with Crippen molar-refractivity contribution in [3.63, 3.8) is 0 Å². The summed E-state index contributed by atoms with van der Waals surface area (Å²) in [4.78, 5) is 11.4. The first-order valence-electron chi connectivity index (χ1n) is 6.10. The second-order valence-electron chi connectivity index (χ2n) is 6.24. The Kier molecular flexibility index (Phi) is 3.77. The van der Waals surface area contributed by atoms with Crippen molar-refractivity contribution >= 4 is 21.4 Å². The molecule has 0 aromatic heterocycles. The molecule has 2 unspecified atom stereocenters. The quantitative estimate of drug-likeness (QED) is 0.440. The Morgan fingerprint density at radius 3 is 2.47 bits per heavy atom. The fourth-order valence-corrected chi connectivity index (χ4v) is 10.1. The van der Waals surface area contributed by atoms with Gasteiger partial charge in [0.05, 0.1) is 7.59 Å². The summed E-state index contributed by atoms with van der Waals surface area (Å²) < 4.78 is 11.7. The Morgan fingerprint density at radius 2 is 2.00 bits per heavy atom. The minimum Gasteiger partial charge on any atom is -0.431 e. The maximum absolute atomic E-state index is 11.4. The Bertz CT molecular complexity index is 339. The van der Waals surface area contributed by atoms with E-state index in [1.807, 2.05) is 6.92 Å². The Labute approximate surface area is 106 Å². The largest absolute Gasteiger partial charge is 0.431 e. The highest BCUT2D eigenvalue weighted by molar-refractivity contribution is 7.38. The van der Waals surface area contributed by atoms with E-state index in [1.54, 1.807) is 0 Å². The molecule has 2 atom stereocenters. The zero-order valence-corrected chi connectivity index (χ0v) is 13.8. The normalized spacial score (nSPS) is 35.1. The van der Waals surface area contributed by atoms with Crippen LogP contribution >= 0.6 is 0 Å². The lowest BCUT2D eigenvalue weighted by Crippen LogP contribution is -2.68. The van der Waals surface area contributed by atoms with Gasteiger partial charge in [-0.05, 0) is 19.1 Å². The van der Waals surface area contributed by atoms with Crippen LogP contribution in [0.5, 0.6) is 0 Å². The van der Waals surface area contributed by atoms with Crippen LogP contribution in [0, 0.1) is 5.92 Å². The summed E-state index contributed by atoms with van der Waals surface area (Å²) in [6, 6.07) is 1.15. The van der Waals surface area contributed by atoms with Gasteiger partial charge in [0.2, 0.25) is 5.79 Å². The van der Waals surface area contributed by atoms with Gasteiger partial charge in [-0.1, -0.05) is 26.6 Å². The van der Waals surface area contributed by atoms with Crippen LogP contribution in [-0.2, 0) is 14.0 Å². The zero-order chi connectivity index (χ0) is 13.5. The summed E-state index contributed by atoms with van der Waals surface area (Å²) in [6.45, 7) is 16.7. The maximum atomic E-state index is 11.4. The molecule has 0 aromatic carbocycles. The van der Waals surface area contributed by atoms with E-state index in [2.05, 4.69) is 39.7 Å². The van der Waals surface area contributed by atoms with E-state index in [9.17, 15) is 4.79 Å². The van der Waals surface area contributed by atoms with Crippen LogP contribution in [-0.4, -0.2) is 27.2 Å². The molecule has 0 amide bonds. The van der Waals surface area contributed by atoms with Gasteiger partial charge in [0.1, 0.15) is 0 Å². The SMILES string of the molecule is C=CC(=O)OC1(C)O[Si](C)(C)[Si](C)(C)CC1C. The number of esters is 1. The number of carbonyl (C=O) groups is 1. The molecule has 0 saturated carbocycles. The van der Waals surface area contributed by atoms with Gasteiger partial charge in [-0.3, -0.25) is 0 Å². The number of ether oxygens (including phenoxy) is 1. The van der Waals surface area contributed by atoms with Crippen LogP contribution in [0.1, 0.15) is 13.8 Å². The molecule has 1 saturated heterocycles. The second-order valence-corrected chi connectivity index (χ2v) is 21.3. The average molecular weight is 272 g/mol. The number of hydrogen-bond acceptors (Lipinski definition) is 3. The third-order valence-electron chi connectivity index (χ3n) is 4.27. The van der Waals surface area contributed by atoms with E-state index >= 15 is 0 Å². The van der Waals surface area contributed by atoms with Crippen molar-refractivity contribution in [1.82, 2.24) is 0 Å². The maximum Gasteiger partial charge on any atom is 0.332 e. The fraction of sp³-hybridized carbons (Fsp3) is 0.750. The minimum absolute atomic E-state index is 0.244. The Hall–Kier alpha value is -0.396. The molecule has 1 aliphatic heterocycles. The van der Waals surface area contributed by atoms with Crippen LogP contribution in [0.15, 0.2) is 12.7 Å². The van der Waals surface area contributed by atoms with E-state index < -0.39 is 27.2 Å². The highest BCUT2D eigenvalue weighted by atomic mass is 29.3. The summed E-state index contributed by atoms with van der Waals surface area (Å²) >= 11 is 0. The van der Waals surface area contributed by atoms with Gasteiger partial charge in [-0.25, -0.2) is 4.79 Å². The molecule has 1 aliphatic rings. The molecule has 1 fully saturated rings. The molecule has 17 heavy (non-hydrogen) atoms. The van der Waals surface area contributed by atoms with E-state index in [0.29, 0.717) is 0 Å². The predicted molar refractivity (Wildman–Crippen MR) is 74.7 cm³/mol. The minimum atomic E-state index is -1.75. The molecule has 0 spiro atoms. The molecule has 3 nitrogen and oxygen atoms in total. The Morgan fingerprint density at radius 1 is 1.47 bits per heavy atom. The standard InChI is InChI=1S/C12H24O3Si2/c1-8-11(13)14-12(3)10(2)9-16(4,5)17(6,7)15-12/h8,10H,1,9H2,2-7H3. The zero-order valence-electron chi connectivity index (χ0n) is 11.8. The van der Waals surface area contributed by atoms with Gasteiger partial charge in [-0.2, -0.15) is 0 Å². The van der Waals surface area contributed by atoms with Crippen molar-refractivity contribution in [3.05, 3.63) is 12.7 Å². The third kappa shape index (κ3) is 2.72. The lowest BCUT2D eigenvalue weighted by atomic mass is 10.1. The lowest BCUT2D eigenvalue weighted by Gasteiger charge is -2.52. The van der Waals surface area contributed by atoms with E-state index in [-0.39, 0.29) is 5.92 Å². The first kappa shape index (κ1) is 14.7. The van der Waals surface area contributed by atoms with E-state index in [1.165, 1.54) is 6.08 Å². The molecule has 0 bridgehead atoms. The molecule has 98 valence electrons. The second kappa shape index (κ2) is 4.37.